The van der Waals surface area contributed by atoms with Crippen LogP contribution in [0, 0.1) is 0 Å². The van der Waals surface area contributed by atoms with Crippen molar-refractivity contribution in [1.82, 2.24) is 9.78 Å². The first-order valence-corrected chi connectivity index (χ1v) is 2.92. The highest BCUT2D eigenvalue weighted by Gasteiger charge is 2.00. The van der Waals surface area contributed by atoms with Gasteiger partial charge in [0.15, 0.2) is 0 Å². The minimum Gasteiger partial charge on any atom is -0.411 e. The van der Waals surface area contributed by atoms with Gasteiger partial charge in [0.2, 0.25) is 0 Å². The van der Waals surface area contributed by atoms with E-state index in [4.69, 9.17) is 5.21 Å². The molecule has 1 aromatic heterocycles. The molecule has 0 unspecified atom stereocenters. The zero-order chi connectivity index (χ0) is 7.56. The fourth-order valence-corrected chi connectivity index (χ4v) is 0.780. The lowest BCUT2D eigenvalue weighted by Crippen LogP contribution is -2.03. The van der Waals surface area contributed by atoms with E-state index in [1.54, 1.807) is 30.9 Å². The van der Waals surface area contributed by atoms with Gasteiger partial charge in [-0.2, -0.15) is 5.10 Å². The molecule has 0 aliphatic heterocycles. The summed E-state index contributed by atoms with van der Waals surface area (Å²) in [6, 6.07) is 1.79. The van der Waals surface area contributed by atoms with Gasteiger partial charge in [-0.25, -0.2) is 0 Å². The molecule has 10 heavy (non-hydrogen) atoms. The zero-order valence-electron chi connectivity index (χ0n) is 5.94. The molecule has 1 heterocycles. The van der Waals surface area contributed by atoms with Gasteiger partial charge >= 0.3 is 0 Å². The largest absolute Gasteiger partial charge is 0.411 e. The van der Waals surface area contributed by atoms with E-state index in [9.17, 15) is 0 Å². The van der Waals surface area contributed by atoms with Crippen molar-refractivity contribution >= 4 is 5.71 Å². The highest BCUT2D eigenvalue weighted by Crippen LogP contribution is 1.97. The van der Waals surface area contributed by atoms with E-state index in [0.29, 0.717) is 5.71 Å². The second kappa shape index (κ2) is 2.51. The van der Waals surface area contributed by atoms with E-state index in [-0.39, 0.29) is 0 Å². The van der Waals surface area contributed by atoms with Gasteiger partial charge in [-0.1, -0.05) is 5.16 Å². The Morgan fingerprint density at radius 1 is 1.80 bits per heavy atom. The third kappa shape index (κ3) is 1.00. The van der Waals surface area contributed by atoms with Crippen LogP contribution in [0.2, 0.25) is 0 Å². The molecule has 0 saturated carbocycles. The van der Waals surface area contributed by atoms with Crippen molar-refractivity contribution in [3.63, 3.8) is 0 Å². The summed E-state index contributed by atoms with van der Waals surface area (Å²) in [5.41, 5.74) is 1.39. The van der Waals surface area contributed by atoms with Crippen molar-refractivity contribution in [2.45, 2.75) is 6.92 Å². The third-order valence-electron chi connectivity index (χ3n) is 1.34. The summed E-state index contributed by atoms with van der Waals surface area (Å²) in [4.78, 5) is 0. The number of nitrogens with zero attached hydrogens (tertiary/aromatic N) is 3. The van der Waals surface area contributed by atoms with E-state index in [1.807, 2.05) is 0 Å². The molecule has 0 aliphatic rings. The fraction of sp³-hybridized carbons (Fsp3) is 0.333. The highest BCUT2D eigenvalue weighted by molar-refractivity contribution is 5.96. The van der Waals surface area contributed by atoms with Crippen LogP contribution in [0.25, 0.3) is 0 Å². The highest BCUT2D eigenvalue weighted by atomic mass is 16.4. The Kier molecular flexibility index (Phi) is 1.71. The van der Waals surface area contributed by atoms with Crippen LogP contribution in [0.3, 0.4) is 0 Å². The van der Waals surface area contributed by atoms with Crippen LogP contribution in [0.1, 0.15) is 12.6 Å². The SMILES string of the molecule is C/C(=N/O)c1ccnn1C. The molecule has 54 valence electrons. The van der Waals surface area contributed by atoms with Crippen molar-refractivity contribution in [3.8, 4) is 0 Å². The molecular weight excluding hydrogens is 130 g/mol. The summed E-state index contributed by atoms with van der Waals surface area (Å²) in [6.45, 7) is 1.72. The number of aryl methyl sites for hydroxylation is 1. The standard InChI is InChI=1S/C6H9N3O/c1-5(8-10)6-3-4-7-9(6)2/h3-4,10H,1-2H3/b8-5-. The average Bonchev–Trinajstić information content (AvgIpc) is 2.34. The van der Waals surface area contributed by atoms with E-state index in [1.165, 1.54) is 0 Å². The molecule has 1 N–H and O–H groups in total. The van der Waals surface area contributed by atoms with E-state index >= 15 is 0 Å². The summed E-state index contributed by atoms with van der Waals surface area (Å²) in [6.07, 6.45) is 1.66. The maximum atomic E-state index is 8.38. The van der Waals surface area contributed by atoms with Crippen molar-refractivity contribution in [3.05, 3.63) is 18.0 Å². The lowest BCUT2D eigenvalue weighted by Gasteiger charge is -1.96. The minimum atomic E-state index is 0.569. The summed E-state index contributed by atoms with van der Waals surface area (Å²) < 4.78 is 1.65. The summed E-state index contributed by atoms with van der Waals surface area (Å²) in [5, 5.41) is 15.3. The topological polar surface area (TPSA) is 50.4 Å². The smallest absolute Gasteiger partial charge is 0.102 e. The normalized spacial score (nSPS) is 12.0. The molecule has 0 aliphatic carbocycles. The van der Waals surface area contributed by atoms with Crippen LogP contribution in [0.5, 0.6) is 0 Å². The van der Waals surface area contributed by atoms with Crippen LogP contribution in [-0.4, -0.2) is 20.7 Å². The Labute approximate surface area is 58.8 Å². The van der Waals surface area contributed by atoms with Crippen LogP contribution < -0.4 is 0 Å². The summed E-state index contributed by atoms with van der Waals surface area (Å²) in [7, 11) is 1.80. The summed E-state index contributed by atoms with van der Waals surface area (Å²) in [5.74, 6) is 0. The Morgan fingerprint density at radius 2 is 2.50 bits per heavy atom. The van der Waals surface area contributed by atoms with Gasteiger partial charge in [-0.3, -0.25) is 4.68 Å². The number of oxime groups is 1. The van der Waals surface area contributed by atoms with Crippen molar-refractivity contribution < 1.29 is 5.21 Å². The molecule has 0 radical (unpaired) electrons. The predicted molar refractivity (Wildman–Crippen MR) is 37.2 cm³/mol. The van der Waals surface area contributed by atoms with E-state index in [0.717, 1.165) is 5.69 Å². The van der Waals surface area contributed by atoms with Gasteiger partial charge in [0, 0.05) is 13.2 Å². The molecule has 0 fully saturated rings. The van der Waals surface area contributed by atoms with E-state index in [2.05, 4.69) is 10.3 Å². The van der Waals surface area contributed by atoms with E-state index < -0.39 is 0 Å². The van der Waals surface area contributed by atoms with Crippen LogP contribution >= 0.6 is 0 Å². The average molecular weight is 139 g/mol. The molecule has 0 saturated heterocycles. The van der Waals surface area contributed by atoms with Gasteiger partial charge in [0.25, 0.3) is 0 Å². The number of aromatic nitrogens is 2. The Morgan fingerprint density at radius 3 is 2.90 bits per heavy atom. The molecule has 0 atom stereocenters. The molecule has 0 aromatic carbocycles. The molecule has 1 aromatic rings. The van der Waals surface area contributed by atoms with Crippen LogP contribution in [0.15, 0.2) is 17.4 Å². The van der Waals surface area contributed by atoms with Gasteiger partial charge in [-0.05, 0) is 13.0 Å². The van der Waals surface area contributed by atoms with Crippen molar-refractivity contribution in [1.29, 1.82) is 0 Å². The first kappa shape index (κ1) is 6.80. The third-order valence-corrected chi connectivity index (χ3v) is 1.34. The second-order valence-electron chi connectivity index (χ2n) is 2.03. The van der Waals surface area contributed by atoms with Gasteiger partial charge < -0.3 is 5.21 Å². The molecule has 4 nitrogen and oxygen atoms in total. The first-order chi connectivity index (χ1) is 4.75. The maximum absolute atomic E-state index is 8.38. The second-order valence-corrected chi connectivity index (χ2v) is 2.03. The minimum absolute atomic E-state index is 0.569. The lowest BCUT2D eigenvalue weighted by atomic mass is 10.3. The number of hydrogen-bond acceptors (Lipinski definition) is 3. The maximum Gasteiger partial charge on any atom is 0.102 e. The molecular formula is C6H9N3O. The molecule has 0 amide bonds. The molecule has 0 spiro atoms. The number of rotatable bonds is 1. The van der Waals surface area contributed by atoms with Gasteiger partial charge in [0.1, 0.15) is 5.71 Å². The molecule has 1 rings (SSSR count). The Hall–Kier alpha value is -1.32. The van der Waals surface area contributed by atoms with Crippen molar-refractivity contribution in [2.24, 2.45) is 12.2 Å². The quantitative estimate of drug-likeness (QED) is 0.352. The molecule has 4 heteroatoms. The Balaban J connectivity index is 3.05. The monoisotopic (exact) mass is 139 g/mol. The zero-order valence-corrected chi connectivity index (χ0v) is 5.94. The number of hydrogen-bond donors (Lipinski definition) is 1. The summed E-state index contributed by atoms with van der Waals surface area (Å²) >= 11 is 0. The van der Waals surface area contributed by atoms with Gasteiger partial charge in [0.05, 0.1) is 5.69 Å². The van der Waals surface area contributed by atoms with Crippen LogP contribution in [-0.2, 0) is 7.05 Å². The van der Waals surface area contributed by atoms with Crippen molar-refractivity contribution in [2.75, 3.05) is 0 Å². The lowest BCUT2D eigenvalue weighted by molar-refractivity contribution is 0.318. The first-order valence-electron chi connectivity index (χ1n) is 2.92. The predicted octanol–water partition coefficient (Wildman–Crippen LogP) is 0.618. The molecule has 0 bridgehead atoms. The Bertz CT molecular complexity index is 251. The van der Waals surface area contributed by atoms with Gasteiger partial charge in [-0.15, -0.1) is 0 Å². The fourth-order valence-electron chi connectivity index (χ4n) is 0.780. The van der Waals surface area contributed by atoms with Crippen LogP contribution in [0.4, 0.5) is 0 Å².